The Morgan fingerprint density at radius 3 is 2.65 bits per heavy atom. The van der Waals surface area contributed by atoms with Crippen molar-refractivity contribution in [1.82, 2.24) is 0 Å². The van der Waals surface area contributed by atoms with Crippen LogP contribution in [0.25, 0.3) is 0 Å². The second-order valence-electron chi connectivity index (χ2n) is 5.02. The van der Waals surface area contributed by atoms with Crippen molar-refractivity contribution in [2.24, 2.45) is 0 Å². The van der Waals surface area contributed by atoms with Crippen LogP contribution in [0.1, 0.15) is 29.6 Å². The molecule has 2 heterocycles. The molecular formula is C14H13F2NO3. The topological polar surface area (TPSA) is 46.6 Å². The van der Waals surface area contributed by atoms with Gasteiger partial charge in [0, 0.05) is 12.7 Å². The zero-order valence-electron chi connectivity index (χ0n) is 10.7. The van der Waals surface area contributed by atoms with Crippen molar-refractivity contribution in [3.05, 3.63) is 29.3 Å². The van der Waals surface area contributed by atoms with E-state index in [1.807, 2.05) is 0 Å². The Morgan fingerprint density at radius 2 is 1.95 bits per heavy atom. The highest BCUT2D eigenvalue weighted by Gasteiger charge is 2.38. The molecule has 2 aliphatic heterocycles. The van der Waals surface area contributed by atoms with Gasteiger partial charge < -0.3 is 9.64 Å². The number of carbonyl (C=O) groups excluding carboxylic acids is 2. The largest absolute Gasteiger partial charge is 0.376 e. The van der Waals surface area contributed by atoms with Crippen LogP contribution in [0.2, 0.25) is 0 Å². The number of ether oxygens (including phenoxy) is 1. The van der Waals surface area contributed by atoms with Gasteiger partial charge in [0.1, 0.15) is 0 Å². The van der Waals surface area contributed by atoms with Gasteiger partial charge in [0.2, 0.25) is 0 Å². The number of amides is 1. The fraction of sp³-hybridized carbons (Fsp3) is 0.429. The van der Waals surface area contributed by atoms with Gasteiger partial charge in [-0.2, -0.15) is 0 Å². The van der Waals surface area contributed by atoms with E-state index in [9.17, 15) is 18.4 Å². The number of fused-ring (bicyclic) bond motifs is 1. The van der Waals surface area contributed by atoms with Gasteiger partial charge in [-0.05, 0) is 25.3 Å². The van der Waals surface area contributed by atoms with E-state index in [1.165, 1.54) is 4.90 Å². The predicted molar refractivity (Wildman–Crippen MR) is 66.6 cm³/mol. The summed E-state index contributed by atoms with van der Waals surface area (Å²) < 4.78 is 32.0. The summed E-state index contributed by atoms with van der Waals surface area (Å²) in [7, 11) is 0. The van der Waals surface area contributed by atoms with E-state index < -0.39 is 23.3 Å². The second kappa shape index (κ2) is 4.94. The van der Waals surface area contributed by atoms with Gasteiger partial charge >= 0.3 is 0 Å². The molecule has 3 rings (SSSR count). The number of benzene rings is 1. The Hall–Kier alpha value is -1.82. The fourth-order valence-electron chi connectivity index (χ4n) is 2.62. The number of rotatable bonds is 2. The van der Waals surface area contributed by atoms with Crippen LogP contribution in [0.15, 0.2) is 12.1 Å². The van der Waals surface area contributed by atoms with Crippen LogP contribution in [-0.2, 0) is 9.53 Å². The van der Waals surface area contributed by atoms with Crippen LogP contribution in [0.4, 0.5) is 14.5 Å². The molecule has 2 aliphatic rings. The maximum absolute atomic E-state index is 13.3. The van der Waals surface area contributed by atoms with Crippen LogP contribution in [0, 0.1) is 11.6 Å². The molecule has 1 unspecified atom stereocenters. The zero-order valence-corrected chi connectivity index (χ0v) is 10.7. The summed E-state index contributed by atoms with van der Waals surface area (Å²) in [6.45, 7) is 0.813. The van der Waals surface area contributed by atoms with Crippen molar-refractivity contribution >= 4 is 17.4 Å². The number of anilines is 1. The average molecular weight is 281 g/mol. The number of halogens is 2. The second-order valence-corrected chi connectivity index (χ2v) is 5.02. The molecule has 6 heteroatoms. The maximum Gasteiger partial charge on any atom is 0.299 e. The highest BCUT2D eigenvalue weighted by molar-refractivity contribution is 6.52. The quantitative estimate of drug-likeness (QED) is 0.780. The summed E-state index contributed by atoms with van der Waals surface area (Å²) in [5.74, 6) is -3.74. The normalized spacial score (nSPS) is 22.3. The van der Waals surface area contributed by atoms with Crippen LogP contribution in [0.3, 0.4) is 0 Å². The van der Waals surface area contributed by atoms with Crippen LogP contribution in [0.5, 0.6) is 0 Å². The lowest BCUT2D eigenvalue weighted by molar-refractivity contribution is -0.114. The van der Waals surface area contributed by atoms with E-state index in [-0.39, 0.29) is 23.9 Å². The molecule has 20 heavy (non-hydrogen) atoms. The Labute approximate surface area is 114 Å². The SMILES string of the molecule is O=C1C(=O)N(CC2CCCCO2)c2cc(F)c(F)cc21. The van der Waals surface area contributed by atoms with E-state index in [4.69, 9.17) is 4.74 Å². The highest BCUT2D eigenvalue weighted by atomic mass is 19.2. The smallest absolute Gasteiger partial charge is 0.299 e. The first kappa shape index (κ1) is 13.2. The van der Waals surface area contributed by atoms with Crippen molar-refractivity contribution in [3.8, 4) is 0 Å². The van der Waals surface area contributed by atoms with Gasteiger partial charge in [-0.15, -0.1) is 0 Å². The molecule has 1 aromatic carbocycles. The molecule has 1 fully saturated rings. The Kier molecular flexibility index (Phi) is 3.25. The third-order valence-corrected chi connectivity index (χ3v) is 3.67. The number of carbonyl (C=O) groups is 2. The third-order valence-electron chi connectivity index (χ3n) is 3.67. The van der Waals surface area contributed by atoms with Crippen LogP contribution >= 0.6 is 0 Å². The lowest BCUT2D eigenvalue weighted by Gasteiger charge is -2.27. The minimum atomic E-state index is -1.12. The molecule has 0 radical (unpaired) electrons. The molecule has 1 atom stereocenters. The van der Waals surface area contributed by atoms with Gasteiger partial charge in [-0.3, -0.25) is 9.59 Å². The van der Waals surface area contributed by atoms with Gasteiger partial charge in [-0.25, -0.2) is 8.78 Å². The van der Waals surface area contributed by atoms with E-state index in [0.29, 0.717) is 6.61 Å². The molecule has 1 saturated heterocycles. The standard InChI is InChI=1S/C14H13F2NO3/c15-10-5-9-12(6-11(10)16)17(14(19)13(9)18)7-8-3-1-2-4-20-8/h5-6,8H,1-4,7H2. The zero-order chi connectivity index (χ0) is 14.3. The lowest BCUT2D eigenvalue weighted by atomic mass is 10.1. The summed E-state index contributed by atoms with van der Waals surface area (Å²) >= 11 is 0. The van der Waals surface area contributed by atoms with Gasteiger partial charge in [0.05, 0.1) is 23.9 Å². The predicted octanol–water partition coefficient (Wildman–Crippen LogP) is 2.06. The summed E-state index contributed by atoms with van der Waals surface area (Å²) in [5, 5.41) is 0. The Balaban J connectivity index is 1.91. The molecule has 4 nitrogen and oxygen atoms in total. The van der Waals surface area contributed by atoms with Gasteiger partial charge in [0.15, 0.2) is 11.6 Å². The molecule has 1 amide bonds. The van der Waals surface area contributed by atoms with Crippen LogP contribution in [-0.4, -0.2) is 30.9 Å². The Bertz CT molecular complexity index is 582. The average Bonchev–Trinajstić information content (AvgIpc) is 2.66. The first-order chi connectivity index (χ1) is 9.58. The van der Waals surface area contributed by atoms with E-state index in [1.54, 1.807) is 0 Å². The molecule has 1 aromatic rings. The summed E-state index contributed by atoms with van der Waals surface area (Å²) in [6.07, 6.45) is 2.58. The molecule has 0 saturated carbocycles. The van der Waals surface area contributed by atoms with E-state index in [2.05, 4.69) is 0 Å². The van der Waals surface area contributed by atoms with E-state index >= 15 is 0 Å². The Morgan fingerprint density at radius 1 is 1.20 bits per heavy atom. The lowest BCUT2D eigenvalue weighted by Crippen LogP contribution is -2.39. The van der Waals surface area contributed by atoms with Gasteiger partial charge in [-0.1, -0.05) is 0 Å². The first-order valence-electron chi connectivity index (χ1n) is 6.55. The number of ketones is 1. The molecule has 0 aliphatic carbocycles. The maximum atomic E-state index is 13.3. The van der Waals surface area contributed by atoms with Crippen molar-refractivity contribution in [2.45, 2.75) is 25.4 Å². The minimum Gasteiger partial charge on any atom is -0.376 e. The first-order valence-corrected chi connectivity index (χ1v) is 6.55. The van der Waals surface area contributed by atoms with Crippen molar-refractivity contribution in [1.29, 1.82) is 0 Å². The van der Waals surface area contributed by atoms with Crippen molar-refractivity contribution in [3.63, 3.8) is 0 Å². The fourth-order valence-corrected chi connectivity index (χ4v) is 2.62. The minimum absolute atomic E-state index is 0.0790. The summed E-state index contributed by atoms with van der Waals surface area (Å²) in [6, 6.07) is 1.68. The van der Waals surface area contributed by atoms with E-state index in [0.717, 1.165) is 31.4 Å². The number of hydrogen-bond acceptors (Lipinski definition) is 3. The molecule has 0 bridgehead atoms. The van der Waals surface area contributed by atoms with Crippen molar-refractivity contribution < 1.29 is 23.1 Å². The monoisotopic (exact) mass is 281 g/mol. The van der Waals surface area contributed by atoms with Gasteiger partial charge in [0.25, 0.3) is 11.7 Å². The highest BCUT2D eigenvalue weighted by Crippen LogP contribution is 2.32. The number of Topliss-reactive ketones (excluding diaryl/α,β-unsaturated/α-hetero) is 1. The van der Waals surface area contributed by atoms with Crippen LogP contribution < -0.4 is 4.90 Å². The van der Waals surface area contributed by atoms with Crippen molar-refractivity contribution in [2.75, 3.05) is 18.1 Å². The molecule has 0 spiro atoms. The molecule has 106 valence electrons. The number of hydrogen-bond donors (Lipinski definition) is 0. The molecule has 0 aromatic heterocycles. The number of nitrogens with zero attached hydrogens (tertiary/aromatic N) is 1. The summed E-state index contributed by atoms with van der Waals surface area (Å²) in [4.78, 5) is 24.9. The summed E-state index contributed by atoms with van der Waals surface area (Å²) in [5.41, 5.74) is 0.0535. The third kappa shape index (κ3) is 2.10. The molecular weight excluding hydrogens is 268 g/mol. The molecule has 0 N–H and O–H groups in total.